The molecule has 1 unspecified atom stereocenters. The average molecular weight is 343 g/mol. The summed E-state index contributed by atoms with van der Waals surface area (Å²) in [6, 6.07) is 0.595. The molecule has 2 aromatic heterocycles. The third-order valence-electron chi connectivity index (χ3n) is 3.69. The molecule has 0 bridgehead atoms. The molecule has 1 aliphatic rings. The van der Waals surface area contributed by atoms with Gasteiger partial charge in [-0.1, -0.05) is 15.9 Å². The van der Waals surface area contributed by atoms with E-state index in [4.69, 9.17) is 4.98 Å². The molecule has 0 amide bonds. The van der Waals surface area contributed by atoms with Gasteiger partial charge in [-0.15, -0.1) is 11.3 Å². The van der Waals surface area contributed by atoms with Gasteiger partial charge in [0.1, 0.15) is 0 Å². The first-order valence-electron chi connectivity index (χ1n) is 6.62. The minimum atomic E-state index is 0.595. The molecule has 19 heavy (non-hydrogen) atoms. The summed E-state index contributed by atoms with van der Waals surface area (Å²) in [5, 5.41) is 2.95. The molecule has 0 aromatic carbocycles. The molecule has 0 aliphatic carbocycles. The second kappa shape index (κ2) is 5.42. The van der Waals surface area contributed by atoms with Crippen LogP contribution >= 0.6 is 27.3 Å². The van der Waals surface area contributed by atoms with Crippen molar-refractivity contribution in [2.75, 3.05) is 32.1 Å². The fraction of sp³-hybridized carbons (Fsp3) is 0.615. The quantitative estimate of drug-likeness (QED) is 0.798. The Balaban J connectivity index is 1.96. The normalized spacial score (nSPS) is 20.0. The van der Waals surface area contributed by atoms with E-state index in [2.05, 4.69) is 55.8 Å². The first-order chi connectivity index (χ1) is 9.20. The Morgan fingerprint density at radius 1 is 1.53 bits per heavy atom. The van der Waals surface area contributed by atoms with Crippen LogP contribution in [0.15, 0.2) is 11.6 Å². The van der Waals surface area contributed by atoms with Crippen molar-refractivity contribution in [3.8, 4) is 0 Å². The summed E-state index contributed by atoms with van der Waals surface area (Å²) in [4.78, 5) is 10.7. The number of rotatable bonds is 4. The van der Waals surface area contributed by atoms with Gasteiger partial charge < -0.3 is 9.80 Å². The van der Waals surface area contributed by atoms with Crippen LogP contribution in [-0.2, 0) is 5.33 Å². The van der Waals surface area contributed by atoms with Crippen LogP contribution in [0.3, 0.4) is 0 Å². The standard InChI is InChI=1S/C13H19BrN4S/c1-16(2)9-10-4-3-5-17(10)12-11(8-14)18-6-7-19-13(18)15-12/h6-7,10H,3-5,8-9H2,1-2H3. The van der Waals surface area contributed by atoms with Crippen molar-refractivity contribution in [3.05, 3.63) is 17.3 Å². The van der Waals surface area contributed by atoms with Crippen molar-refractivity contribution in [1.82, 2.24) is 14.3 Å². The minimum Gasteiger partial charge on any atom is -0.351 e. The molecule has 0 N–H and O–H groups in total. The number of likely N-dealkylation sites (N-methyl/N-ethyl adjacent to an activating group) is 1. The van der Waals surface area contributed by atoms with Crippen molar-refractivity contribution in [2.24, 2.45) is 0 Å². The van der Waals surface area contributed by atoms with Crippen LogP contribution in [0, 0.1) is 0 Å². The SMILES string of the molecule is CN(C)CC1CCCN1c1nc2sccn2c1CBr. The van der Waals surface area contributed by atoms with Crippen LogP contribution < -0.4 is 4.90 Å². The maximum Gasteiger partial charge on any atom is 0.195 e. The lowest BCUT2D eigenvalue weighted by molar-refractivity contribution is 0.371. The Labute approximate surface area is 126 Å². The Morgan fingerprint density at radius 3 is 3.11 bits per heavy atom. The van der Waals surface area contributed by atoms with E-state index in [1.807, 2.05) is 0 Å². The molecule has 3 rings (SSSR count). The van der Waals surface area contributed by atoms with Crippen LogP contribution in [-0.4, -0.2) is 47.5 Å². The smallest absolute Gasteiger partial charge is 0.195 e. The molecule has 1 saturated heterocycles. The summed E-state index contributed by atoms with van der Waals surface area (Å²) in [5.74, 6) is 1.17. The van der Waals surface area contributed by atoms with E-state index in [-0.39, 0.29) is 0 Å². The van der Waals surface area contributed by atoms with Crippen molar-refractivity contribution >= 4 is 38.0 Å². The Hall–Kier alpha value is -0.590. The number of halogens is 1. The average Bonchev–Trinajstić information content (AvgIpc) is 3.01. The molecule has 1 atom stereocenters. The van der Waals surface area contributed by atoms with Crippen LogP contribution in [0.2, 0.25) is 0 Å². The molecule has 104 valence electrons. The molecular weight excluding hydrogens is 324 g/mol. The van der Waals surface area contributed by atoms with Crippen molar-refractivity contribution in [3.63, 3.8) is 0 Å². The lowest BCUT2D eigenvalue weighted by Gasteiger charge is -2.27. The maximum atomic E-state index is 4.84. The minimum absolute atomic E-state index is 0.595. The van der Waals surface area contributed by atoms with Crippen LogP contribution in [0.4, 0.5) is 5.82 Å². The van der Waals surface area contributed by atoms with Gasteiger partial charge >= 0.3 is 0 Å². The molecule has 6 heteroatoms. The van der Waals surface area contributed by atoms with Gasteiger partial charge in [-0.05, 0) is 26.9 Å². The number of anilines is 1. The van der Waals surface area contributed by atoms with E-state index < -0.39 is 0 Å². The molecule has 0 spiro atoms. The zero-order chi connectivity index (χ0) is 13.4. The molecule has 4 nitrogen and oxygen atoms in total. The number of imidazole rings is 1. The van der Waals surface area contributed by atoms with Crippen LogP contribution in [0.5, 0.6) is 0 Å². The maximum absolute atomic E-state index is 4.84. The van der Waals surface area contributed by atoms with E-state index in [0.717, 1.165) is 23.4 Å². The monoisotopic (exact) mass is 342 g/mol. The number of alkyl halides is 1. The van der Waals surface area contributed by atoms with Crippen molar-refractivity contribution < 1.29 is 0 Å². The van der Waals surface area contributed by atoms with Gasteiger partial charge in [-0.25, -0.2) is 4.98 Å². The number of thiazole rings is 1. The topological polar surface area (TPSA) is 23.8 Å². The van der Waals surface area contributed by atoms with Gasteiger partial charge in [0.15, 0.2) is 10.8 Å². The van der Waals surface area contributed by atoms with Crippen molar-refractivity contribution in [1.29, 1.82) is 0 Å². The summed E-state index contributed by atoms with van der Waals surface area (Å²) in [5.41, 5.74) is 1.28. The van der Waals surface area contributed by atoms with E-state index in [9.17, 15) is 0 Å². The largest absolute Gasteiger partial charge is 0.351 e. The van der Waals surface area contributed by atoms with E-state index in [1.165, 1.54) is 24.4 Å². The highest BCUT2D eigenvalue weighted by Crippen LogP contribution is 2.31. The first kappa shape index (κ1) is 13.4. The third kappa shape index (κ3) is 2.41. The number of hydrogen-bond donors (Lipinski definition) is 0. The Bertz CT molecular complexity index is 562. The summed E-state index contributed by atoms with van der Waals surface area (Å²) in [6.45, 7) is 2.23. The van der Waals surface area contributed by atoms with E-state index in [0.29, 0.717) is 6.04 Å². The Kier molecular flexibility index (Phi) is 3.82. The van der Waals surface area contributed by atoms with Crippen LogP contribution in [0.1, 0.15) is 18.5 Å². The molecule has 1 aliphatic heterocycles. The van der Waals surface area contributed by atoms with Gasteiger partial charge in [0.25, 0.3) is 0 Å². The highest BCUT2D eigenvalue weighted by Gasteiger charge is 2.29. The number of aromatic nitrogens is 2. The third-order valence-corrected chi connectivity index (χ3v) is 4.98. The van der Waals surface area contributed by atoms with Gasteiger partial charge in [0.05, 0.1) is 5.69 Å². The molecule has 0 saturated carbocycles. The second-order valence-electron chi connectivity index (χ2n) is 5.32. The molecule has 0 radical (unpaired) electrons. The van der Waals surface area contributed by atoms with Gasteiger partial charge in [0.2, 0.25) is 0 Å². The molecule has 1 fully saturated rings. The predicted molar refractivity (Wildman–Crippen MR) is 84.6 cm³/mol. The summed E-state index contributed by atoms with van der Waals surface area (Å²) in [7, 11) is 4.29. The van der Waals surface area contributed by atoms with Gasteiger partial charge in [-0.3, -0.25) is 4.40 Å². The van der Waals surface area contributed by atoms with Gasteiger partial charge in [0, 0.05) is 36.0 Å². The zero-order valence-corrected chi connectivity index (χ0v) is 13.7. The highest BCUT2D eigenvalue weighted by atomic mass is 79.9. The fourth-order valence-corrected chi connectivity index (χ4v) is 4.15. The van der Waals surface area contributed by atoms with Crippen molar-refractivity contribution in [2.45, 2.75) is 24.2 Å². The Morgan fingerprint density at radius 2 is 2.37 bits per heavy atom. The lowest BCUT2D eigenvalue weighted by Crippen LogP contribution is -2.38. The van der Waals surface area contributed by atoms with E-state index >= 15 is 0 Å². The molecular formula is C13H19BrN4S. The highest BCUT2D eigenvalue weighted by molar-refractivity contribution is 9.08. The summed E-state index contributed by atoms with van der Waals surface area (Å²) < 4.78 is 2.21. The second-order valence-corrected chi connectivity index (χ2v) is 6.76. The molecule has 3 heterocycles. The van der Waals surface area contributed by atoms with Gasteiger partial charge in [-0.2, -0.15) is 0 Å². The lowest BCUT2D eigenvalue weighted by atomic mass is 10.2. The molecule has 2 aromatic rings. The summed E-state index contributed by atoms with van der Waals surface area (Å²) in [6.07, 6.45) is 4.65. The van der Waals surface area contributed by atoms with E-state index in [1.54, 1.807) is 11.3 Å². The van der Waals surface area contributed by atoms with Crippen LogP contribution in [0.25, 0.3) is 4.96 Å². The number of fused-ring (bicyclic) bond motifs is 1. The summed E-state index contributed by atoms with van der Waals surface area (Å²) >= 11 is 5.32. The fourth-order valence-electron chi connectivity index (χ4n) is 2.90. The zero-order valence-electron chi connectivity index (χ0n) is 11.3. The number of hydrogen-bond acceptors (Lipinski definition) is 4. The first-order valence-corrected chi connectivity index (χ1v) is 8.62. The number of nitrogens with zero attached hydrogens (tertiary/aromatic N) is 4. The predicted octanol–water partition coefficient (Wildman–Crippen LogP) is 2.82.